The Morgan fingerprint density at radius 3 is 2.52 bits per heavy atom. The Hall–Kier alpha value is -4.72. The minimum absolute atomic E-state index is 0.0867. The second kappa shape index (κ2) is 15.5. The molecule has 14 heteroatoms. The zero-order valence-electron chi connectivity index (χ0n) is 30.8. The number of carbonyl (C=O) groups excluding carboxylic acids is 1. The molecule has 0 amide bonds. The molecule has 2 aliphatic rings. The van der Waals surface area contributed by atoms with E-state index in [9.17, 15) is 27.6 Å². The molecule has 0 saturated carbocycles. The maximum absolute atomic E-state index is 14.1. The van der Waals surface area contributed by atoms with Gasteiger partial charge in [-0.2, -0.15) is 18.2 Å². The smallest absolute Gasteiger partial charge is 0.337 e. The number of hydrogen-bond donors (Lipinski definition) is 0. The number of rotatable bonds is 11. The highest BCUT2D eigenvalue weighted by Crippen LogP contribution is 2.34. The summed E-state index contributed by atoms with van der Waals surface area (Å²) >= 11 is 0. The van der Waals surface area contributed by atoms with Crippen LogP contribution in [-0.2, 0) is 24.8 Å². The zero-order chi connectivity index (χ0) is 38.0. The van der Waals surface area contributed by atoms with E-state index in [0.717, 1.165) is 16.3 Å². The van der Waals surface area contributed by atoms with E-state index in [4.69, 9.17) is 9.51 Å². The zero-order valence-corrected chi connectivity index (χ0v) is 30.8. The highest BCUT2D eigenvalue weighted by atomic mass is 19.4. The minimum Gasteiger partial charge on any atom is -0.337 e. The Morgan fingerprint density at radius 1 is 1.10 bits per heavy atom. The van der Waals surface area contributed by atoms with Crippen molar-refractivity contribution in [2.75, 3.05) is 13.6 Å². The Morgan fingerprint density at radius 2 is 1.83 bits per heavy atom. The lowest BCUT2D eigenvalue weighted by molar-refractivity contribution is -0.126. The van der Waals surface area contributed by atoms with Crippen molar-refractivity contribution in [2.45, 2.75) is 85.4 Å². The van der Waals surface area contributed by atoms with Crippen LogP contribution in [0.2, 0.25) is 0 Å². The molecule has 3 aromatic heterocycles. The fourth-order valence-electron chi connectivity index (χ4n) is 6.98. The number of aromatic nitrogens is 5. The first kappa shape index (κ1) is 38.5. The van der Waals surface area contributed by atoms with Gasteiger partial charge in [-0.05, 0) is 56.7 Å². The first-order valence-electron chi connectivity index (χ1n) is 17.7. The van der Waals surface area contributed by atoms with Gasteiger partial charge in [-0.3, -0.25) is 28.6 Å². The van der Waals surface area contributed by atoms with E-state index in [1.807, 2.05) is 65.2 Å². The Labute approximate surface area is 300 Å². The number of fused-ring (bicyclic) bond motifs is 1. The van der Waals surface area contributed by atoms with Gasteiger partial charge in [-0.1, -0.05) is 51.1 Å². The molecule has 0 bridgehead atoms. The number of carbonyl (C=O) groups is 1. The van der Waals surface area contributed by atoms with Crippen molar-refractivity contribution in [3.8, 4) is 0 Å². The van der Waals surface area contributed by atoms with Crippen LogP contribution >= 0.6 is 0 Å². The van der Waals surface area contributed by atoms with Gasteiger partial charge >= 0.3 is 17.4 Å². The van der Waals surface area contributed by atoms with Gasteiger partial charge < -0.3 is 4.52 Å². The molecule has 11 nitrogen and oxygen atoms in total. The van der Waals surface area contributed by atoms with Gasteiger partial charge in [-0.15, -0.1) is 0 Å². The molecule has 0 aliphatic carbocycles. The topological polar surface area (TPSA) is 125 Å². The van der Waals surface area contributed by atoms with Gasteiger partial charge in [-0.25, -0.2) is 9.36 Å². The van der Waals surface area contributed by atoms with Crippen LogP contribution in [0.3, 0.4) is 0 Å². The van der Waals surface area contributed by atoms with E-state index in [2.05, 4.69) is 15.1 Å². The summed E-state index contributed by atoms with van der Waals surface area (Å²) in [6, 6.07) is 5.42. The normalized spacial score (nSPS) is 22.7. The van der Waals surface area contributed by atoms with Gasteiger partial charge in [0, 0.05) is 48.7 Å². The molecule has 0 aromatic carbocycles. The predicted octanol–water partition coefficient (Wildman–Crippen LogP) is 6.44. The van der Waals surface area contributed by atoms with Crippen molar-refractivity contribution in [1.29, 1.82) is 0 Å². The summed E-state index contributed by atoms with van der Waals surface area (Å²) in [4.78, 5) is 53.8. The second-order valence-corrected chi connectivity index (χ2v) is 14.4. The molecular weight excluding hydrogens is 675 g/mol. The molecule has 5 atom stereocenters. The Kier molecular flexibility index (Phi) is 11.5. The van der Waals surface area contributed by atoms with Crippen LogP contribution in [0.1, 0.15) is 88.1 Å². The number of pyridine rings is 1. The summed E-state index contributed by atoms with van der Waals surface area (Å²) in [7, 11) is 3.60. The molecule has 3 aromatic rings. The van der Waals surface area contributed by atoms with E-state index < -0.39 is 23.1 Å². The van der Waals surface area contributed by atoms with Crippen molar-refractivity contribution < 1.29 is 22.5 Å². The monoisotopic (exact) mass is 722 g/mol. The van der Waals surface area contributed by atoms with Gasteiger partial charge in [0.2, 0.25) is 11.6 Å². The first-order chi connectivity index (χ1) is 24.5. The van der Waals surface area contributed by atoms with Gasteiger partial charge in [0.1, 0.15) is 18.0 Å². The highest BCUT2D eigenvalue weighted by molar-refractivity contribution is 6.09. The Balaban J connectivity index is 1.28. The number of aliphatic imine (C=N–C) groups is 1. The summed E-state index contributed by atoms with van der Waals surface area (Å²) in [6.45, 7) is 9.60. The van der Waals surface area contributed by atoms with Crippen molar-refractivity contribution in [2.24, 2.45) is 29.8 Å². The standard InChI is InChI=1S/C38H47F3N7O4/c1-23-13-16-31(38(39,40)41)42-21-28(20-23)30-12-8-11-29(44-30)15-14-25(3)35(49)26(4)17-19-48(7)18-9-10-24(2)33-34(48)36(50)47(37(51)46(33)6)22-32-43-27(5)45-52-32/h8-9,11-12,16,18,20-21,23-26H,10,13-15,17,19,22H2,1-7H3/q+1/b28-20?,31-16+,42-21?/t23?,24?,25?,26-,48?/m1/s1. The minimum atomic E-state index is -4.53. The maximum Gasteiger partial charge on any atom is 0.433 e. The number of allylic oxidation sites excluding steroid dienone is 5. The molecule has 5 rings (SSSR count). The third kappa shape index (κ3) is 8.49. The average Bonchev–Trinajstić information content (AvgIpc) is 3.44. The molecule has 0 fully saturated rings. The number of Topliss-reactive ketones (excluding diaryl/α,β-unsaturated/α-hetero) is 1. The molecule has 52 heavy (non-hydrogen) atoms. The fourth-order valence-corrected chi connectivity index (χ4v) is 6.98. The number of quaternary nitrogens is 1. The maximum atomic E-state index is 14.1. The molecular formula is C38H47F3N7O4+. The average molecular weight is 723 g/mol. The molecule has 0 radical (unpaired) electrons. The lowest BCUT2D eigenvalue weighted by Crippen LogP contribution is -2.51. The molecule has 0 spiro atoms. The number of alkyl halides is 3. The van der Waals surface area contributed by atoms with Crippen LogP contribution in [-0.4, -0.2) is 56.0 Å². The third-order valence-corrected chi connectivity index (χ3v) is 10.0. The van der Waals surface area contributed by atoms with Crippen molar-refractivity contribution in [3.05, 3.63) is 98.0 Å². The van der Waals surface area contributed by atoms with Gasteiger partial charge in [0.05, 0.1) is 31.2 Å². The van der Waals surface area contributed by atoms with Crippen LogP contribution < -0.4 is 15.7 Å². The molecule has 0 saturated heterocycles. The highest BCUT2D eigenvalue weighted by Gasteiger charge is 2.38. The van der Waals surface area contributed by atoms with Crippen molar-refractivity contribution >= 4 is 23.3 Å². The van der Waals surface area contributed by atoms with Gasteiger partial charge in [0.25, 0.3) is 0 Å². The second-order valence-electron chi connectivity index (χ2n) is 14.4. The molecule has 5 heterocycles. The van der Waals surface area contributed by atoms with Crippen LogP contribution in [0.15, 0.2) is 67.4 Å². The number of ketones is 1. The summed E-state index contributed by atoms with van der Waals surface area (Å²) in [5.41, 5.74) is 1.12. The van der Waals surface area contributed by atoms with Crippen LogP contribution in [0.4, 0.5) is 18.9 Å². The third-order valence-electron chi connectivity index (χ3n) is 10.0. The fraction of sp³-hybridized carbons (Fsp3) is 0.500. The van der Waals surface area contributed by atoms with Crippen LogP contribution in [0.5, 0.6) is 0 Å². The lowest BCUT2D eigenvalue weighted by atomic mass is 9.89. The summed E-state index contributed by atoms with van der Waals surface area (Å²) in [5.74, 6) is -0.159. The van der Waals surface area contributed by atoms with E-state index in [-0.39, 0.29) is 52.8 Å². The van der Waals surface area contributed by atoms with Gasteiger partial charge in [0.15, 0.2) is 5.82 Å². The number of halogens is 3. The molecule has 2 aliphatic heterocycles. The van der Waals surface area contributed by atoms with E-state index >= 15 is 0 Å². The lowest BCUT2D eigenvalue weighted by Gasteiger charge is -2.32. The van der Waals surface area contributed by atoms with Crippen molar-refractivity contribution in [3.63, 3.8) is 0 Å². The SMILES string of the molecule is Cc1noc(Cn2c(=O)c3c(n(C)c2=O)C(C)CC=C[N+]3(C)CC[C@@H](C)C(=O)C(C)CCc2cccc(C3=CC(C)C/C=C(\C(F)(F)F)N=C3)n2)n1. The molecule has 278 valence electrons. The number of nitrogens with zero attached hydrogens (tertiary/aromatic N) is 7. The largest absolute Gasteiger partial charge is 0.433 e. The first-order valence-corrected chi connectivity index (χ1v) is 17.7. The van der Waals surface area contributed by atoms with E-state index in [1.54, 1.807) is 20.0 Å². The van der Waals surface area contributed by atoms with Crippen molar-refractivity contribution in [1.82, 2.24) is 28.7 Å². The Bertz CT molecular complexity index is 2060. The summed E-state index contributed by atoms with van der Waals surface area (Å²) in [5, 5.41) is 3.79. The quantitative estimate of drug-likeness (QED) is 0.209. The van der Waals surface area contributed by atoms with E-state index in [0.29, 0.717) is 60.7 Å². The van der Waals surface area contributed by atoms with Crippen LogP contribution in [0, 0.1) is 24.7 Å². The summed E-state index contributed by atoms with van der Waals surface area (Å²) < 4.78 is 48.1. The number of aryl methyl sites for hydroxylation is 2. The summed E-state index contributed by atoms with van der Waals surface area (Å²) in [6.07, 6.45) is 6.10. The predicted molar refractivity (Wildman–Crippen MR) is 194 cm³/mol. The molecule has 4 unspecified atom stereocenters. The van der Waals surface area contributed by atoms with E-state index in [1.165, 1.54) is 10.8 Å². The van der Waals surface area contributed by atoms with Crippen LogP contribution in [0.25, 0.3) is 5.57 Å². The number of hydrogen-bond acceptors (Lipinski definition) is 8. The molecule has 0 N–H and O–H groups in total.